The highest BCUT2D eigenvalue weighted by Gasteiger charge is 2.25. The summed E-state index contributed by atoms with van der Waals surface area (Å²) < 4.78 is 1.42. The fourth-order valence-corrected chi connectivity index (χ4v) is 4.35. The molecule has 0 spiro atoms. The van der Waals surface area contributed by atoms with Crippen molar-refractivity contribution < 1.29 is 0 Å². The Morgan fingerprint density at radius 2 is 2.04 bits per heavy atom. The van der Waals surface area contributed by atoms with Crippen molar-refractivity contribution in [3.63, 3.8) is 0 Å². The Morgan fingerprint density at radius 3 is 2.88 bits per heavy atom. The van der Waals surface area contributed by atoms with E-state index in [-0.39, 0.29) is 5.56 Å². The molecule has 0 aliphatic carbocycles. The van der Waals surface area contributed by atoms with Gasteiger partial charge in [-0.05, 0) is 37.7 Å². The molecule has 0 amide bonds. The second kappa shape index (κ2) is 6.73. The maximum absolute atomic E-state index is 11.9. The van der Waals surface area contributed by atoms with Gasteiger partial charge in [0.2, 0.25) is 10.1 Å². The zero-order valence-electron chi connectivity index (χ0n) is 13.5. The van der Waals surface area contributed by atoms with Crippen LogP contribution in [-0.2, 0) is 6.42 Å². The number of fused-ring (bicyclic) bond motifs is 1. The van der Waals surface area contributed by atoms with Crippen LogP contribution in [0.1, 0.15) is 31.2 Å². The Balaban J connectivity index is 1.56. The van der Waals surface area contributed by atoms with E-state index in [1.54, 1.807) is 6.20 Å². The normalized spacial score (nSPS) is 18.2. The lowest BCUT2D eigenvalue weighted by atomic mass is 9.96. The number of nitrogens with zero attached hydrogens (tertiary/aromatic N) is 4. The van der Waals surface area contributed by atoms with Crippen LogP contribution in [0.25, 0.3) is 4.96 Å². The molecule has 1 atom stereocenters. The molecule has 0 radical (unpaired) electrons. The summed E-state index contributed by atoms with van der Waals surface area (Å²) >= 11 is 1.51. The SMILES string of the molecule is O=c1ccnc2sc(N3CCCCC3CCc3ccccc3)nn12. The molecular weight excluding hydrogens is 320 g/mol. The van der Waals surface area contributed by atoms with E-state index in [9.17, 15) is 4.79 Å². The minimum absolute atomic E-state index is 0.111. The van der Waals surface area contributed by atoms with Gasteiger partial charge in [-0.25, -0.2) is 4.98 Å². The summed E-state index contributed by atoms with van der Waals surface area (Å²) in [6, 6.07) is 12.6. The van der Waals surface area contributed by atoms with Gasteiger partial charge in [-0.1, -0.05) is 41.7 Å². The maximum atomic E-state index is 11.9. The fourth-order valence-electron chi connectivity index (χ4n) is 3.38. The number of piperidine rings is 1. The highest BCUT2D eigenvalue weighted by Crippen LogP contribution is 2.30. The van der Waals surface area contributed by atoms with Gasteiger partial charge in [0.1, 0.15) is 0 Å². The lowest BCUT2D eigenvalue weighted by Gasteiger charge is -2.35. The van der Waals surface area contributed by atoms with Crippen molar-refractivity contribution >= 4 is 21.4 Å². The monoisotopic (exact) mass is 340 g/mol. The number of hydrogen-bond acceptors (Lipinski definition) is 5. The molecule has 6 heteroatoms. The minimum Gasteiger partial charge on any atom is -0.344 e. The van der Waals surface area contributed by atoms with Crippen LogP contribution in [0.3, 0.4) is 0 Å². The Hall–Kier alpha value is -2.21. The minimum atomic E-state index is -0.111. The molecule has 1 aliphatic heterocycles. The molecule has 1 unspecified atom stereocenters. The summed E-state index contributed by atoms with van der Waals surface area (Å²) in [5.74, 6) is 0. The number of benzene rings is 1. The van der Waals surface area contributed by atoms with E-state index < -0.39 is 0 Å². The molecule has 3 aromatic rings. The molecule has 5 nitrogen and oxygen atoms in total. The number of anilines is 1. The number of rotatable bonds is 4. The van der Waals surface area contributed by atoms with Crippen LogP contribution in [0.4, 0.5) is 5.13 Å². The quantitative estimate of drug-likeness (QED) is 0.732. The predicted octanol–water partition coefficient (Wildman–Crippen LogP) is 3.14. The van der Waals surface area contributed by atoms with E-state index in [1.807, 2.05) is 0 Å². The summed E-state index contributed by atoms with van der Waals surface area (Å²) in [6.07, 6.45) is 7.38. The van der Waals surface area contributed by atoms with Crippen LogP contribution < -0.4 is 10.5 Å². The zero-order chi connectivity index (χ0) is 16.4. The first kappa shape index (κ1) is 15.3. The van der Waals surface area contributed by atoms with Crippen molar-refractivity contribution in [2.75, 3.05) is 11.4 Å². The van der Waals surface area contributed by atoms with Gasteiger partial charge < -0.3 is 4.90 Å². The molecule has 3 heterocycles. The van der Waals surface area contributed by atoms with E-state index in [4.69, 9.17) is 0 Å². The molecular formula is C18H20N4OS. The molecule has 0 bridgehead atoms. The van der Waals surface area contributed by atoms with Crippen LogP contribution in [0.2, 0.25) is 0 Å². The van der Waals surface area contributed by atoms with E-state index in [0.717, 1.165) is 24.5 Å². The van der Waals surface area contributed by atoms with Crippen LogP contribution in [0.15, 0.2) is 47.4 Å². The standard InChI is InChI=1S/C18H20N4OS/c23-16-11-12-19-17-22(16)20-18(24-17)21-13-5-4-8-15(21)10-9-14-6-2-1-3-7-14/h1-3,6-7,11-12,15H,4-5,8-10,13H2. The van der Waals surface area contributed by atoms with Crippen LogP contribution in [0, 0.1) is 0 Å². The third-order valence-corrected chi connectivity index (χ3v) is 5.60. The Morgan fingerprint density at radius 1 is 1.17 bits per heavy atom. The van der Waals surface area contributed by atoms with E-state index in [1.165, 1.54) is 46.7 Å². The van der Waals surface area contributed by atoms with E-state index in [0.29, 0.717) is 11.0 Å². The highest BCUT2D eigenvalue weighted by atomic mass is 32.1. The lowest BCUT2D eigenvalue weighted by Crippen LogP contribution is -2.40. The average Bonchev–Trinajstić information content (AvgIpc) is 3.07. The van der Waals surface area contributed by atoms with Gasteiger partial charge in [-0.3, -0.25) is 4.79 Å². The van der Waals surface area contributed by atoms with Crippen LogP contribution in [0.5, 0.6) is 0 Å². The van der Waals surface area contributed by atoms with Gasteiger partial charge in [-0.2, -0.15) is 4.52 Å². The molecule has 1 aliphatic rings. The highest BCUT2D eigenvalue weighted by molar-refractivity contribution is 7.20. The van der Waals surface area contributed by atoms with Crippen LogP contribution >= 0.6 is 11.3 Å². The van der Waals surface area contributed by atoms with Gasteiger partial charge in [0.25, 0.3) is 5.56 Å². The summed E-state index contributed by atoms with van der Waals surface area (Å²) in [5, 5.41) is 5.45. The fraction of sp³-hybridized carbons (Fsp3) is 0.389. The molecule has 2 aromatic heterocycles. The summed E-state index contributed by atoms with van der Waals surface area (Å²) in [5.41, 5.74) is 1.27. The van der Waals surface area contributed by atoms with Crippen molar-refractivity contribution in [3.8, 4) is 0 Å². The number of aryl methyl sites for hydroxylation is 1. The summed E-state index contributed by atoms with van der Waals surface area (Å²) in [6.45, 7) is 1.01. The first-order chi connectivity index (χ1) is 11.8. The lowest BCUT2D eigenvalue weighted by molar-refractivity contribution is 0.436. The Labute approximate surface area is 144 Å². The Bertz CT molecular complexity index is 873. The maximum Gasteiger partial charge on any atom is 0.275 e. The van der Waals surface area contributed by atoms with E-state index in [2.05, 4.69) is 45.3 Å². The first-order valence-corrected chi connectivity index (χ1v) is 9.28. The van der Waals surface area contributed by atoms with Crippen molar-refractivity contribution in [3.05, 3.63) is 58.5 Å². The third-order valence-electron chi connectivity index (χ3n) is 4.64. The molecule has 1 fully saturated rings. The largest absolute Gasteiger partial charge is 0.344 e. The molecule has 4 rings (SSSR count). The van der Waals surface area contributed by atoms with Gasteiger partial charge in [-0.15, -0.1) is 5.10 Å². The topological polar surface area (TPSA) is 50.5 Å². The van der Waals surface area contributed by atoms with Crippen LogP contribution in [-0.4, -0.2) is 27.2 Å². The van der Waals surface area contributed by atoms with Crippen molar-refractivity contribution in [2.45, 2.75) is 38.1 Å². The first-order valence-electron chi connectivity index (χ1n) is 8.47. The molecule has 0 N–H and O–H groups in total. The third kappa shape index (κ3) is 3.06. The molecule has 124 valence electrons. The predicted molar refractivity (Wildman–Crippen MR) is 96.9 cm³/mol. The van der Waals surface area contributed by atoms with Gasteiger partial charge >= 0.3 is 0 Å². The zero-order valence-corrected chi connectivity index (χ0v) is 14.3. The van der Waals surface area contributed by atoms with Crippen molar-refractivity contribution in [1.29, 1.82) is 0 Å². The van der Waals surface area contributed by atoms with Gasteiger partial charge in [0.15, 0.2) is 0 Å². The number of hydrogen-bond donors (Lipinski definition) is 0. The molecule has 0 saturated carbocycles. The second-order valence-corrected chi connectivity index (χ2v) is 7.16. The van der Waals surface area contributed by atoms with Gasteiger partial charge in [0.05, 0.1) is 0 Å². The average molecular weight is 340 g/mol. The van der Waals surface area contributed by atoms with Crippen molar-refractivity contribution in [1.82, 2.24) is 14.6 Å². The molecule has 24 heavy (non-hydrogen) atoms. The number of aromatic nitrogens is 3. The molecule has 1 saturated heterocycles. The second-order valence-electron chi connectivity index (χ2n) is 6.23. The smallest absolute Gasteiger partial charge is 0.275 e. The van der Waals surface area contributed by atoms with Gasteiger partial charge in [0, 0.05) is 24.8 Å². The summed E-state index contributed by atoms with van der Waals surface area (Å²) in [7, 11) is 0. The van der Waals surface area contributed by atoms with Crippen molar-refractivity contribution in [2.24, 2.45) is 0 Å². The molecule has 1 aromatic carbocycles. The summed E-state index contributed by atoms with van der Waals surface area (Å²) in [4.78, 5) is 19.2. The Kier molecular flexibility index (Phi) is 4.30. The van der Waals surface area contributed by atoms with E-state index >= 15 is 0 Å².